The standard InChI is InChI=1S/C20H19F3N2O3S2/c1-29-16-7-3-6-15(9-16)25-18-12-30(27,28)11-17(18)24(19(25)26)10-13-4-2-5-14(8-13)20(21,22)23/h2-9,17-18H,10-12H2,1H3/t17-,18-/m0/s1. The monoisotopic (exact) mass is 456 g/mol. The number of nitrogens with zero attached hydrogens (tertiary/aromatic N) is 2. The highest BCUT2D eigenvalue weighted by Gasteiger charge is 2.53. The summed E-state index contributed by atoms with van der Waals surface area (Å²) < 4.78 is 63.8. The van der Waals surface area contributed by atoms with Crippen LogP contribution in [0.4, 0.5) is 23.7 Å². The molecule has 2 fully saturated rings. The Morgan fingerprint density at radius 1 is 1.07 bits per heavy atom. The minimum atomic E-state index is -4.49. The quantitative estimate of drug-likeness (QED) is 0.515. The Balaban J connectivity index is 1.69. The van der Waals surface area contributed by atoms with E-state index >= 15 is 0 Å². The maximum absolute atomic E-state index is 13.2. The molecule has 0 bridgehead atoms. The van der Waals surface area contributed by atoms with Gasteiger partial charge in [0.2, 0.25) is 0 Å². The lowest BCUT2D eigenvalue weighted by molar-refractivity contribution is -0.137. The number of fused-ring (bicyclic) bond motifs is 1. The molecule has 4 rings (SSSR count). The molecule has 2 atom stereocenters. The molecule has 2 amide bonds. The number of amides is 2. The zero-order valence-corrected chi connectivity index (χ0v) is 17.6. The summed E-state index contributed by atoms with van der Waals surface area (Å²) in [6.45, 7) is -0.0852. The number of benzene rings is 2. The number of thioether (sulfide) groups is 1. The molecule has 2 aliphatic heterocycles. The van der Waals surface area contributed by atoms with Gasteiger partial charge < -0.3 is 4.90 Å². The van der Waals surface area contributed by atoms with Crippen molar-refractivity contribution in [1.29, 1.82) is 0 Å². The van der Waals surface area contributed by atoms with E-state index in [0.29, 0.717) is 11.3 Å². The van der Waals surface area contributed by atoms with Gasteiger partial charge in [0.25, 0.3) is 0 Å². The normalized spacial score (nSPS) is 23.1. The van der Waals surface area contributed by atoms with Gasteiger partial charge in [-0.15, -0.1) is 11.8 Å². The average Bonchev–Trinajstić information content (AvgIpc) is 3.11. The van der Waals surface area contributed by atoms with Crippen molar-refractivity contribution in [3.8, 4) is 0 Å². The second-order valence-corrected chi connectivity index (χ2v) is 10.4. The third-order valence-electron chi connectivity index (χ3n) is 5.42. The molecule has 2 aromatic rings. The number of anilines is 1. The number of carbonyl (C=O) groups excluding carboxylic acids is 1. The lowest BCUT2D eigenvalue weighted by atomic mass is 10.1. The van der Waals surface area contributed by atoms with Crippen molar-refractivity contribution in [2.45, 2.75) is 29.7 Å². The van der Waals surface area contributed by atoms with Crippen LogP contribution < -0.4 is 4.90 Å². The maximum Gasteiger partial charge on any atom is 0.416 e. The van der Waals surface area contributed by atoms with Crippen LogP contribution in [0.1, 0.15) is 11.1 Å². The topological polar surface area (TPSA) is 57.7 Å². The highest BCUT2D eigenvalue weighted by molar-refractivity contribution is 7.98. The Hall–Kier alpha value is -2.20. The van der Waals surface area contributed by atoms with E-state index in [1.54, 1.807) is 12.1 Å². The van der Waals surface area contributed by atoms with E-state index in [1.165, 1.54) is 33.7 Å². The average molecular weight is 457 g/mol. The summed E-state index contributed by atoms with van der Waals surface area (Å²) in [6, 6.07) is 10.5. The first-order chi connectivity index (χ1) is 14.1. The van der Waals surface area contributed by atoms with E-state index in [9.17, 15) is 26.4 Å². The number of sulfone groups is 1. The zero-order valence-electron chi connectivity index (χ0n) is 16.0. The molecule has 2 aliphatic rings. The van der Waals surface area contributed by atoms with Crippen molar-refractivity contribution in [1.82, 2.24) is 4.90 Å². The number of halogens is 3. The fourth-order valence-corrected chi connectivity index (χ4v) is 6.47. The molecule has 0 saturated carbocycles. The Labute approximate surface area is 176 Å². The Morgan fingerprint density at radius 2 is 1.77 bits per heavy atom. The van der Waals surface area contributed by atoms with Crippen LogP contribution in [-0.4, -0.2) is 49.2 Å². The van der Waals surface area contributed by atoms with Crippen LogP contribution in [-0.2, 0) is 22.6 Å². The molecule has 5 nitrogen and oxygen atoms in total. The molecule has 30 heavy (non-hydrogen) atoms. The van der Waals surface area contributed by atoms with E-state index in [4.69, 9.17) is 0 Å². The minimum Gasteiger partial charge on any atom is -0.314 e. The number of hydrogen-bond acceptors (Lipinski definition) is 4. The van der Waals surface area contributed by atoms with Gasteiger partial charge in [-0.2, -0.15) is 13.2 Å². The Bertz CT molecular complexity index is 1090. The van der Waals surface area contributed by atoms with Crippen LogP contribution in [0.3, 0.4) is 0 Å². The van der Waals surface area contributed by atoms with Crippen molar-refractivity contribution in [2.75, 3.05) is 22.7 Å². The van der Waals surface area contributed by atoms with Gasteiger partial charge in [-0.1, -0.05) is 18.2 Å². The lowest BCUT2D eigenvalue weighted by Gasteiger charge is -2.23. The van der Waals surface area contributed by atoms with Gasteiger partial charge in [-0.05, 0) is 42.2 Å². The smallest absolute Gasteiger partial charge is 0.314 e. The van der Waals surface area contributed by atoms with Gasteiger partial charge in [0.15, 0.2) is 9.84 Å². The summed E-state index contributed by atoms with van der Waals surface area (Å²) in [5.41, 5.74) is 0.0956. The molecule has 2 aromatic carbocycles. The third kappa shape index (κ3) is 3.90. The number of rotatable bonds is 4. The maximum atomic E-state index is 13.2. The van der Waals surface area contributed by atoms with E-state index in [-0.39, 0.29) is 18.1 Å². The van der Waals surface area contributed by atoms with Crippen LogP contribution in [0.25, 0.3) is 0 Å². The van der Waals surface area contributed by atoms with E-state index in [0.717, 1.165) is 17.0 Å². The van der Waals surface area contributed by atoms with Gasteiger partial charge in [0.05, 0.1) is 29.2 Å². The van der Waals surface area contributed by atoms with Gasteiger partial charge >= 0.3 is 12.2 Å². The van der Waals surface area contributed by atoms with Gasteiger partial charge in [0.1, 0.15) is 0 Å². The first kappa shape index (κ1) is 21.0. The number of hydrogen-bond donors (Lipinski definition) is 0. The molecule has 0 spiro atoms. The van der Waals surface area contributed by atoms with Crippen LogP contribution in [0.15, 0.2) is 53.4 Å². The van der Waals surface area contributed by atoms with Gasteiger partial charge in [-0.25, -0.2) is 13.2 Å². The number of alkyl halides is 3. The lowest BCUT2D eigenvalue weighted by Crippen LogP contribution is -2.37. The molecule has 2 heterocycles. The van der Waals surface area contributed by atoms with Crippen LogP contribution in [0.2, 0.25) is 0 Å². The highest BCUT2D eigenvalue weighted by atomic mass is 32.2. The van der Waals surface area contributed by atoms with Crippen molar-refractivity contribution in [2.24, 2.45) is 0 Å². The largest absolute Gasteiger partial charge is 0.416 e. The predicted molar refractivity (Wildman–Crippen MR) is 109 cm³/mol. The van der Waals surface area contributed by atoms with E-state index in [2.05, 4.69) is 0 Å². The number of urea groups is 1. The summed E-state index contributed by atoms with van der Waals surface area (Å²) in [5.74, 6) is -0.354. The van der Waals surface area contributed by atoms with Crippen molar-refractivity contribution in [3.05, 3.63) is 59.7 Å². The fraction of sp³-hybridized carbons (Fsp3) is 0.350. The fourth-order valence-electron chi connectivity index (χ4n) is 4.07. The zero-order chi connectivity index (χ0) is 21.7. The van der Waals surface area contributed by atoms with Crippen molar-refractivity contribution < 1.29 is 26.4 Å². The summed E-state index contributed by atoms with van der Waals surface area (Å²) in [6.07, 6.45) is -2.59. The molecule has 2 saturated heterocycles. The molecule has 0 aromatic heterocycles. The van der Waals surface area contributed by atoms with E-state index < -0.39 is 39.7 Å². The van der Waals surface area contributed by atoms with Gasteiger partial charge in [-0.3, -0.25) is 4.90 Å². The SMILES string of the molecule is CSc1cccc(N2C(=O)N(Cc3cccc(C(F)(F)F)c3)[C@H]3CS(=O)(=O)C[C@@H]32)c1. The first-order valence-electron chi connectivity index (χ1n) is 9.19. The second kappa shape index (κ2) is 7.49. The third-order valence-corrected chi connectivity index (χ3v) is 7.84. The van der Waals surface area contributed by atoms with Crippen LogP contribution in [0, 0.1) is 0 Å². The molecule has 10 heteroatoms. The molecule has 0 radical (unpaired) electrons. The van der Waals surface area contributed by atoms with Crippen molar-refractivity contribution in [3.63, 3.8) is 0 Å². The summed E-state index contributed by atoms with van der Waals surface area (Å²) in [4.78, 5) is 17.0. The highest BCUT2D eigenvalue weighted by Crippen LogP contribution is 2.37. The summed E-state index contributed by atoms with van der Waals surface area (Å²) >= 11 is 1.50. The summed E-state index contributed by atoms with van der Waals surface area (Å²) in [5, 5.41) is 0. The molecule has 160 valence electrons. The molecule has 0 unspecified atom stereocenters. The molecule has 0 aliphatic carbocycles. The van der Waals surface area contributed by atoms with Crippen molar-refractivity contribution >= 4 is 33.3 Å². The second-order valence-electron chi connectivity index (χ2n) is 7.39. The number of carbonyl (C=O) groups is 1. The predicted octanol–water partition coefficient (Wildman–Crippen LogP) is 4.04. The molecular formula is C20H19F3N2O3S2. The van der Waals surface area contributed by atoms with Gasteiger partial charge in [0, 0.05) is 17.1 Å². The Kier molecular flexibility index (Phi) is 5.26. The molecule has 0 N–H and O–H groups in total. The Morgan fingerprint density at radius 3 is 2.47 bits per heavy atom. The van der Waals surface area contributed by atoms with Crippen LogP contribution >= 0.6 is 11.8 Å². The van der Waals surface area contributed by atoms with Crippen LogP contribution in [0.5, 0.6) is 0 Å². The first-order valence-corrected chi connectivity index (χ1v) is 12.2. The van der Waals surface area contributed by atoms with E-state index in [1.807, 2.05) is 18.4 Å². The molecular weight excluding hydrogens is 437 g/mol. The summed E-state index contributed by atoms with van der Waals surface area (Å²) in [7, 11) is -3.36. The minimum absolute atomic E-state index is 0.0852.